The van der Waals surface area contributed by atoms with Crippen LogP contribution in [0.2, 0.25) is 0 Å². The average molecular weight is 409 g/mol. The average Bonchev–Trinajstić information content (AvgIpc) is 3.20. The molecular weight excluding hydrogens is 376 g/mol. The van der Waals surface area contributed by atoms with Gasteiger partial charge in [-0.25, -0.2) is 8.42 Å². The Hall–Kier alpha value is -1.60. The van der Waals surface area contributed by atoms with Crippen LogP contribution >= 0.6 is 0 Å². The number of sulfonamides is 1. The Labute approximate surface area is 168 Å². The zero-order valence-electron chi connectivity index (χ0n) is 17.1. The maximum Gasteiger partial charge on any atom is 0.246 e. The van der Waals surface area contributed by atoms with Crippen LogP contribution in [0.15, 0.2) is 23.1 Å². The first-order valence-corrected chi connectivity index (χ1v) is 11.8. The minimum atomic E-state index is -3.66. The number of methoxy groups -OCH3 is 1. The van der Waals surface area contributed by atoms with E-state index in [1.54, 1.807) is 12.1 Å². The smallest absolute Gasteiger partial charge is 0.246 e. The predicted molar refractivity (Wildman–Crippen MR) is 109 cm³/mol. The third-order valence-corrected chi connectivity index (χ3v) is 7.92. The lowest BCUT2D eigenvalue weighted by Gasteiger charge is -2.31. The minimum absolute atomic E-state index is 0.0864. The Balaban J connectivity index is 1.69. The van der Waals surface area contributed by atoms with Crippen LogP contribution in [0.4, 0.5) is 0 Å². The summed E-state index contributed by atoms with van der Waals surface area (Å²) in [7, 11) is -2.17. The van der Waals surface area contributed by atoms with E-state index >= 15 is 0 Å². The van der Waals surface area contributed by atoms with Gasteiger partial charge < -0.3 is 10.1 Å². The molecule has 6 nitrogen and oxygen atoms in total. The number of nitrogens with one attached hydrogen (secondary N) is 1. The highest BCUT2D eigenvalue weighted by atomic mass is 32.2. The van der Waals surface area contributed by atoms with Crippen molar-refractivity contribution in [2.75, 3.05) is 20.2 Å². The number of hydrogen-bond donors (Lipinski definition) is 1. The van der Waals surface area contributed by atoms with Gasteiger partial charge in [0.2, 0.25) is 15.9 Å². The second kappa shape index (κ2) is 8.82. The van der Waals surface area contributed by atoms with Gasteiger partial charge in [-0.05, 0) is 49.3 Å². The number of carbonyl (C=O) groups is 1. The van der Waals surface area contributed by atoms with Crippen LogP contribution in [0.1, 0.15) is 63.9 Å². The van der Waals surface area contributed by atoms with Crippen molar-refractivity contribution in [2.45, 2.75) is 69.2 Å². The Morgan fingerprint density at radius 3 is 2.36 bits per heavy atom. The number of ether oxygens (including phenoxy) is 1. The van der Waals surface area contributed by atoms with E-state index in [0.29, 0.717) is 37.7 Å². The number of carbonyl (C=O) groups excluding carboxylic acids is 1. The highest BCUT2D eigenvalue weighted by Gasteiger charge is 2.34. The van der Waals surface area contributed by atoms with Gasteiger partial charge in [0.05, 0.1) is 7.11 Å². The lowest BCUT2D eigenvalue weighted by Crippen LogP contribution is -2.44. The lowest BCUT2D eigenvalue weighted by atomic mass is 9.97. The molecule has 156 valence electrons. The first kappa shape index (κ1) is 21.1. The standard InChI is InChI=1S/C21H32N2O4S/c1-15(2)17-8-9-19(27-3)20(14-17)28(25,26)23-12-10-16(11-13-23)21(24)22-18-6-4-5-7-18/h8-9,14-16,18H,4-7,10-13H2,1-3H3,(H,22,24). The van der Waals surface area contributed by atoms with Gasteiger partial charge in [-0.2, -0.15) is 4.31 Å². The molecule has 0 atom stereocenters. The van der Waals surface area contributed by atoms with Gasteiger partial charge in [-0.15, -0.1) is 0 Å². The molecule has 7 heteroatoms. The van der Waals surface area contributed by atoms with E-state index in [1.807, 2.05) is 19.9 Å². The minimum Gasteiger partial charge on any atom is -0.495 e. The van der Waals surface area contributed by atoms with Crippen LogP contribution in [0.3, 0.4) is 0 Å². The van der Waals surface area contributed by atoms with Gasteiger partial charge >= 0.3 is 0 Å². The molecule has 1 saturated heterocycles. The molecule has 0 radical (unpaired) electrons. The van der Waals surface area contributed by atoms with Crippen LogP contribution in [-0.4, -0.2) is 44.9 Å². The Bertz CT molecular complexity index is 793. The molecule has 28 heavy (non-hydrogen) atoms. The molecule has 1 aromatic carbocycles. The zero-order valence-corrected chi connectivity index (χ0v) is 17.9. The van der Waals surface area contributed by atoms with Crippen molar-refractivity contribution in [2.24, 2.45) is 5.92 Å². The number of benzene rings is 1. The fraction of sp³-hybridized carbons (Fsp3) is 0.667. The summed E-state index contributed by atoms with van der Waals surface area (Å²) in [4.78, 5) is 12.7. The Morgan fingerprint density at radius 2 is 1.79 bits per heavy atom. The molecule has 0 unspecified atom stereocenters. The van der Waals surface area contributed by atoms with Crippen LogP contribution in [0.5, 0.6) is 5.75 Å². The number of piperidine rings is 1. The molecule has 1 aromatic rings. The molecule has 0 bridgehead atoms. The van der Waals surface area contributed by atoms with E-state index in [1.165, 1.54) is 24.3 Å². The van der Waals surface area contributed by atoms with Crippen LogP contribution in [0.25, 0.3) is 0 Å². The number of amides is 1. The summed E-state index contributed by atoms with van der Waals surface area (Å²) in [5.41, 5.74) is 0.963. The normalized spacial score (nSPS) is 19.9. The van der Waals surface area contributed by atoms with E-state index in [9.17, 15) is 13.2 Å². The van der Waals surface area contributed by atoms with Gasteiger partial charge in [0, 0.05) is 25.0 Å². The van der Waals surface area contributed by atoms with Gasteiger partial charge in [-0.3, -0.25) is 4.79 Å². The number of nitrogens with zero attached hydrogens (tertiary/aromatic N) is 1. The molecule has 1 aliphatic carbocycles. The molecule has 0 spiro atoms. The summed E-state index contributed by atoms with van der Waals surface area (Å²) in [5, 5.41) is 3.15. The summed E-state index contributed by atoms with van der Waals surface area (Å²) in [6.07, 6.45) is 5.60. The Kier molecular flexibility index (Phi) is 6.65. The van der Waals surface area contributed by atoms with Crippen molar-refractivity contribution in [3.8, 4) is 5.75 Å². The molecule has 1 amide bonds. The summed E-state index contributed by atoms with van der Waals surface area (Å²) < 4.78 is 33.3. The van der Waals surface area contributed by atoms with Crippen molar-refractivity contribution >= 4 is 15.9 Å². The first-order valence-electron chi connectivity index (χ1n) is 10.3. The van der Waals surface area contributed by atoms with Crippen molar-refractivity contribution in [3.63, 3.8) is 0 Å². The second-order valence-corrected chi connectivity index (χ2v) is 10.1. The predicted octanol–water partition coefficient (Wildman–Crippen LogP) is 3.28. The van der Waals surface area contributed by atoms with Crippen molar-refractivity contribution in [1.29, 1.82) is 0 Å². The molecule has 1 saturated carbocycles. The third kappa shape index (κ3) is 4.51. The molecule has 2 fully saturated rings. The first-order chi connectivity index (χ1) is 13.3. The van der Waals surface area contributed by atoms with E-state index < -0.39 is 10.0 Å². The summed E-state index contributed by atoms with van der Waals surface area (Å²) in [5.74, 6) is 0.578. The molecule has 1 heterocycles. The number of rotatable bonds is 6. The van der Waals surface area contributed by atoms with Crippen molar-refractivity contribution in [3.05, 3.63) is 23.8 Å². The van der Waals surface area contributed by atoms with Crippen molar-refractivity contribution in [1.82, 2.24) is 9.62 Å². The van der Waals surface area contributed by atoms with E-state index in [4.69, 9.17) is 4.74 Å². The monoisotopic (exact) mass is 408 g/mol. The topological polar surface area (TPSA) is 75.7 Å². The molecule has 1 aliphatic heterocycles. The maximum absolute atomic E-state index is 13.2. The summed E-state index contributed by atoms with van der Waals surface area (Å²) in [6.45, 7) is 4.79. The molecule has 1 N–H and O–H groups in total. The fourth-order valence-corrected chi connectivity index (χ4v) is 5.80. The van der Waals surface area contributed by atoms with E-state index in [-0.39, 0.29) is 22.6 Å². The zero-order chi connectivity index (χ0) is 20.3. The lowest BCUT2D eigenvalue weighted by molar-refractivity contribution is -0.126. The summed E-state index contributed by atoms with van der Waals surface area (Å²) in [6, 6.07) is 5.65. The Morgan fingerprint density at radius 1 is 1.14 bits per heavy atom. The number of hydrogen-bond acceptors (Lipinski definition) is 4. The molecule has 2 aliphatic rings. The largest absolute Gasteiger partial charge is 0.495 e. The highest BCUT2D eigenvalue weighted by molar-refractivity contribution is 7.89. The summed E-state index contributed by atoms with van der Waals surface area (Å²) >= 11 is 0. The molecular formula is C21H32N2O4S. The van der Waals surface area contributed by atoms with Crippen LogP contribution in [-0.2, 0) is 14.8 Å². The second-order valence-electron chi connectivity index (χ2n) is 8.23. The van der Waals surface area contributed by atoms with Crippen LogP contribution < -0.4 is 10.1 Å². The fourth-order valence-electron chi connectivity index (χ4n) is 4.14. The molecule has 3 rings (SSSR count). The maximum atomic E-state index is 13.2. The van der Waals surface area contributed by atoms with Gasteiger partial charge in [-0.1, -0.05) is 32.8 Å². The van der Waals surface area contributed by atoms with Crippen molar-refractivity contribution < 1.29 is 17.9 Å². The van der Waals surface area contributed by atoms with Gasteiger partial charge in [0.25, 0.3) is 0 Å². The van der Waals surface area contributed by atoms with E-state index in [0.717, 1.165) is 18.4 Å². The van der Waals surface area contributed by atoms with Gasteiger partial charge in [0.1, 0.15) is 10.6 Å². The third-order valence-electron chi connectivity index (χ3n) is 6.00. The highest BCUT2D eigenvalue weighted by Crippen LogP contribution is 2.32. The van der Waals surface area contributed by atoms with Crippen LogP contribution in [0, 0.1) is 5.92 Å². The van der Waals surface area contributed by atoms with E-state index in [2.05, 4.69) is 5.32 Å². The quantitative estimate of drug-likeness (QED) is 0.784. The SMILES string of the molecule is COc1ccc(C(C)C)cc1S(=O)(=O)N1CCC(C(=O)NC2CCCC2)CC1. The molecule has 0 aromatic heterocycles. The van der Waals surface area contributed by atoms with Gasteiger partial charge in [0.15, 0.2) is 0 Å².